The van der Waals surface area contributed by atoms with Gasteiger partial charge in [-0.05, 0) is 56.7 Å². The molecule has 3 aromatic carbocycles. The Morgan fingerprint density at radius 2 is 1.65 bits per heavy atom. The van der Waals surface area contributed by atoms with Crippen LogP contribution >= 0.6 is 0 Å². The number of hydrogen-bond acceptors (Lipinski definition) is 7. The number of hydrogen-bond donors (Lipinski definition) is 2. The van der Waals surface area contributed by atoms with Crippen molar-refractivity contribution >= 4 is 44.9 Å². The number of aromatic amines is 1. The zero-order valence-corrected chi connectivity index (χ0v) is 24.8. The van der Waals surface area contributed by atoms with Crippen molar-refractivity contribution in [3.05, 3.63) is 101 Å². The molecule has 236 valence electrons. The maximum Gasteiger partial charge on any atom is 0.450 e. The number of halogens is 3. The van der Waals surface area contributed by atoms with Gasteiger partial charge in [0, 0.05) is 35.0 Å². The third kappa shape index (κ3) is 6.19. The van der Waals surface area contributed by atoms with Crippen LogP contribution in [0.4, 0.5) is 18.0 Å². The number of aromatic nitrogens is 1. The van der Waals surface area contributed by atoms with Gasteiger partial charge in [0.15, 0.2) is 0 Å². The fourth-order valence-corrected chi connectivity index (χ4v) is 5.12. The first kappa shape index (κ1) is 30.5. The maximum absolute atomic E-state index is 14.2. The highest BCUT2D eigenvalue weighted by Gasteiger charge is 2.40. The van der Waals surface area contributed by atoms with Gasteiger partial charge in [-0.15, -0.1) is 0 Å². The summed E-state index contributed by atoms with van der Waals surface area (Å²) >= 11 is 0. The van der Waals surface area contributed by atoms with Crippen molar-refractivity contribution in [1.29, 1.82) is 0 Å². The van der Waals surface area contributed by atoms with Gasteiger partial charge in [0.2, 0.25) is 11.2 Å². The van der Waals surface area contributed by atoms with E-state index in [1.165, 1.54) is 18.2 Å². The SMILES string of the molecule is CC(C)(C)OC(=O)N[C@@H](Cc1c[nH]c2ccccc12)C(=O)Oc1ccc2c(=O)c(-c3cc4ccccc4o3)c(C(F)(F)F)oc2c1. The minimum Gasteiger partial charge on any atom is -0.456 e. The van der Waals surface area contributed by atoms with Crippen LogP contribution in [0.1, 0.15) is 32.1 Å². The summed E-state index contributed by atoms with van der Waals surface area (Å²) in [5.41, 5.74) is -1.26. The van der Waals surface area contributed by atoms with Crippen LogP contribution in [0.3, 0.4) is 0 Å². The Kier molecular flexibility index (Phi) is 7.59. The van der Waals surface area contributed by atoms with E-state index in [-0.39, 0.29) is 23.3 Å². The molecule has 0 aliphatic carbocycles. The number of benzene rings is 3. The van der Waals surface area contributed by atoms with Crippen LogP contribution in [0.2, 0.25) is 0 Å². The van der Waals surface area contributed by atoms with Crippen molar-refractivity contribution in [2.75, 3.05) is 0 Å². The van der Waals surface area contributed by atoms with Crippen LogP contribution in [0.5, 0.6) is 5.75 Å². The topological polar surface area (TPSA) is 124 Å². The number of para-hydroxylation sites is 2. The Morgan fingerprint density at radius 1 is 0.913 bits per heavy atom. The van der Waals surface area contributed by atoms with E-state index in [4.69, 9.17) is 18.3 Å². The van der Waals surface area contributed by atoms with Crippen LogP contribution < -0.4 is 15.5 Å². The van der Waals surface area contributed by atoms with Gasteiger partial charge in [-0.1, -0.05) is 36.4 Å². The molecule has 0 saturated carbocycles. The number of ether oxygens (including phenoxy) is 2. The number of fused-ring (bicyclic) bond motifs is 3. The summed E-state index contributed by atoms with van der Waals surface area (Å²) in [5.74, 6) is -2.99. The van der Waals surface area contributed by atoms with E-state index in [0.717, 1.165) is 17.0 Å². The van der Waals surface area contributed by atoms with Crippen LogP contribution in [-0.4, -0.2) is 28.7 Å². The number of amides is 1. The molecule has 6 aromatic rings. The van der Waals surface area contributed by atoms with Crippen molar-refractivity contribution in [3.63, 3.8) is 0 Å². The van der Waals surface area contributed by atoms with Gasteiger partial charge < -0.3 is 28.6 Å². The lowest BCUT2D eigenvalue weighted by Gasteiger charge is -2.23. The summed E-state index contributed by atoms with van der Waals surface area (Å²) in [6, 6.07) is 17.5. The lowest BCUT2D eigenvalue weighted by molar-refractivity contribution is -0.152. The molecule has 0 radical (unpaired) electrons. The van der Waals surface area contributed by atoms with E-state index in [2.05, 4.69) is 10.3 Å². The van der Waals surface area contributed by atoms with Crippen LogP contribution in [0.15, 0.2) is 92.6 Å². The number of furan rings is 1. The molecule has 3 heterocycles. The van der Waals surface area contributed by atoms with E-state index < -0.39 is 52.2 Å². The highest BCUT2D eigenvalue weighted by atomic mass is 19.4. The number of H-pyrrole nitrogens is 1. The molecule has 9 nitrogen and oxygen atoms in total. The Hall–Kier alpha value is -5.52. The molecule has 0 aliphatic rings. The first-order chi connectivity index (χ1) is 21.8. The van der Waals surface area contributed by atoms with Crippen molar-refractivity contribution in [2.24, 2.45) is 0 Å². The van der Waals surface area contributed by atoms with Crippen LogP contribution in [0, 0.1) is 0 Å². The van der Waals surface area contributed by atoms with Gasteiger partial charge in [-0.2, -0.15) is 13.2 Å². The molecule has 1 amide bonds. The van der Waals surface area contributed by atoms with Gasteiger partial charge in [0.25, 0.3) is 0 Å². The molecular formula is C34H27F3N2O7. The second kappa shape index (κ2) is 11.4. The third-order valence-electron chi connectivity index (χ3n) is 7.09. The Balaban J connectivity index is 1.35. The quantitative estimate of drug-likeness (QED) is 0.142. The summed E-state index contributed by atoms with van der Waals surface area (Å²) in [6.45, 7) is 4.99. The lowest BCUT2D eigenvalue weighted by atomic mass is 10.0. The summed E-state index contributed by atoms with van der Waals surface area (Å²) in [5, 5.41) is 3.66. The summed E-state index contributed by atoms with van der Waals surface area (Å²) in [4.78, 5) is 42.6. The fourth-order valence-electron chi connectivity index (χ4n) is 5.12. The minimum atomic E-state index is -5.06. The lowest BCUT2D eigenvalue weighted by Crippen LogP contribution is -2.46. The van der Waals surface area contributed by atoms with Crippen molar-refractivity contribution in [1.82, 2.24) is 10.3 Å². The normalized spacial score (nSPS) is 12.8. The van der Waals surface area contributed by atoms with E-state index in [0.29, 0.717) is 16.5 Å². The number of rotatable bonds is 6. The highest BCUT2D eigenvalue weighted by molar-refractivity contribution is 5.89. The number of carbonyl (C=O) groups excluding carboxylic acids is 2. The zero-order chi connectivity index (χ0) is 32.8. The number of alkyl halides is 3. The van der Waals surface area contributed by atoms with Crippen molar-refractivity contribution in [3.8, 4) is 17.1 Å². The van der Waals surface area contributed by atoms with Gasteiger partial charge in [0.05, 0.1) is 5.39 Å². The largest absolute Gasteiger partial charge is 0.456 e. The van der Waals surface area contributed by atoms with Gasteiger partial charge in [0.1, 0.15) is 39.9 Å². The number of esters is 1. The van der Waals surface area contributed by atoms with E-state index in [9.17, 15) is 27.6 Å². The molecule has 12 heteroatoms. The van der Waals surface area contributed by atoms with E-state index in [1.807, 2.05) is 24.3 Å². The molecule has 46 heavy (non-hydrogen) atoms. The smallest absolute Gasteiger partial charge is 0.450 e. The van der Waals surface area contributed by atoms with E-state index in [1.54, 1.807) is 51.2 Å². The highest BCUT2D eigenvalue weighted by Crippen LogP contribution is 2.39. The number of alkyl carbamates (subject to hydrolysis) is 1. The molecule has 2 N–H and O–H groups in total. The van der Waals surface area contributed by atoms with Crippen LogP contribution in [0.25, 0.3) is 44.2 Å². The average molecular weight is 633 g/mol. The predicted octanol–water partition coefficient (Wildman–Crippen LogP) is 7.75. The predicted molar refractivity (Wildman–Crippen MR) is 163 cm³/mol. The van der Waals surface area contributed by atoms with Gasteiger partial charge >= 0.3 is 18.2 Å². The number of nitrogens with one attached hydrogen (secondary N) is 2. The maximum atomic E-state index is 14.2. The standard InChI is InChI=1S/C34H27F3N2O7/c1-33(2,3)46-32(42)39-24(14-19-17-38-23-10-6-5-9-21(19)23)31(41)43-20-12-13-22-26(16-20)45-30(34(35,36)37)28(29(22)40)27-15-18-8-4-7-11-25(18)44-27/h4-13,15-17,24,38H,14H2,1-3H3,(H,39,42)/t24-/m0/s1. The third-order valence-corrected chi connectivity index (χ3v) is 7.09. The second-order valence-corrected chi connectivity index (χ2v) is 11.6. The minimum absolute atomic E-state index is 0.00381. The van der Waals surface area contributed by atoms with Crippen molar-refractivity contribution in [2.45, 2.75) is 45.0 Å². The Bertz CT molecular complexity index is 2140. The summed E-state index contributed by atoms with van der Waals surface area (Å²) < 4.78 is 64.4. The zero-order valence-electron chi connectivity index (χ0n) is 24.8. The van der Waals surface area contributed by atoms with Crippen LogP contribution in [-0.2, 0) is 22.1 Å². The average Bonchev–Trinajstić information content (AvgIpc) is 3.59. The molecule has 3 aromatic heterocycles. The van der Waals surface area contributed by atoms with E-state index >= 15 is 0 Å². The number of carbonyl (C=O) groups is 2. The summed E-state index contributed by atoms with van der Waals surface area (Å²) in [6.07, 6.45) is -4.23. The molecule has 1 atom stereocenters. The molecule has 0 aliphatic heterocycles. The molecule has 0 unspecified atom stereocenters. The second-order valence-electron chi connectivity index (χ2n) is 11.6. The summed E-state index contributed by atoms with van der Waals surface area (Å²) in [7, 11) is 0. The molecule has 0 bridgehead atoms. The first-order valence-electron chi connectivity index (χ1n) is 14.2. The Labute approximate surface area is 258 Å². The molecule has 0 spiro atoms. The van der Waals surface area contributed by atoms with Gasteiger partial charge in [-0.3, -0.25) is 4.79 Å². The molecule has 0 saturated heterocycles. The molecule has 0 fully saturated rings. The Morgan fingerprint density at radius 3 is 2.39 bits per heavy atom. The monoisotopic (exact) mass is 632 g/mol. The van der Waals surface area contributed by atoms with Crippen molar-refractivity contribution < 1.29 is 41.1 Å². The molecule has 6 rings (SSSR count). The first-order valence-corrected chi connectivity index (χ1v) is 14.2. The molecular weight excluding hydrogens is 605 g/mol. The fraction of sp³-hybridized carbons (Fsp3) is 0.206. The van der Waals surface area contributed by atoms with Gasteiger partial charge in [-0.25, -0.2) is 9.59 Å².